The van der Waals surface area contributed by atoms with E-state index in [4.69, 9.17) is 9.15 Å². The van der Waals surface area contributed by atoms with Gasteiger partial charge in [0.15, 0.2) is 5.76 Å². The fourth-order valence-electron chi connectivity index (χ4n) is 2.96. The summed E-state index contributed by atoms with van der Waals surface area (Å²) in [4.78, 5) is 17.0. The number of rotatable bonds is 7. The van der Waals surface area contributed by atoms with Crippen molar-refractivity contribution in [2.75, 3.05) is 0 Å². The number of carbonyl (C=O) groups is 1. The van der Waals surface area contributed by atoms with Crippen molar-refractivity contribution >= 4 is 5.91 Å². The first-order valence-corrected chi connectivity index (χ1v) is 9.32. The molecule has 0 saturated heterocycles. The van der Waals surface area contributed by atoms with Crippen LogP contribution in [0.3, 0.4) is 0 Å². The van der Waals surface area contributed by atoms with Crippen LogP contribution in [0.4, 0.5) is 0 Å². The fraction of sp³-hybridized carbons (Fsp3) is 0.0833. The Labute approximate surface area is 169 Å². The Morgan fingerprint density at radius 2 is 1.86 bits per heavy atom. The number of nitrogens with zero attached hydrogens (tertiary/aromatic N) is 1. The molecule has 2 heterocycles. The maximum atomic E-state index is 12.6. The Bertz CT molecular complexity index is 1080. The molecule has 0 aliphatic heterocycles. The molecule has 5 heteroatoms. The zero-order chi connectivity index (χ0) is 19.9. The van der Waals surface area contributed by atoms with E-state index in [-0.39, 0.29) is 5.91 Å². The van der Waals surface area contributed by atoms with Crippen LogP contribution in [0.1, 0.15) is 21.5 Å². The van der Waals surface area contributed by atoms with E-state index in [1.165, 1.54) is 0 Å². The molecular weight excluding hydrogens is 364 g/mol. The maximum absolute atomic E-state index is 12.6. The lowest BCUT2D eigenvalue weighted by molar-refractivity contribution is 0.0950. The van der Waals surface area contributed by atoms with Crippen molar-refractivity contribution in [3.63, 3.8) is 0 Å². The molecule has 5 nitrogen and oxygen atoms in total. The van der Waals surface area contributed by atoms with Crippen LogP contribution in [0.15, 0.2) is 95.7 Å². The van der Waals surface area contributed by atoms with Gasteiger partial charge >= 0.3 is 0 Å². The Morgan fingerprint density at radius 1 is 0.966 bits per heavy atom. The molecule has 0 aliphatic carbocycles. The number of ether oxygens (including phenoxy) is 1. The molecular formula is C24H20N2O3. The van der Waals surface area contributed by atoms with Crippen LogP contribution in [-0.4, -0.2) is 10.9 Å². The minimum atomic E-state index is -0.176. The van der Waals surface area contributed by atoms with Gasteiger partial charge in [0.05, 0.1) is 6.26 Å². The second kappa shape index (κ2) is 8.89. The Morgan fingerprint density at radius 3 is 2.69 bits per heavy atom. The van der Waals surface area contributed by atoms with E-state index < -0.39 is 0 Å². The molecule has 1 amide bonds. The molecule has 0 aliphatic rings. The number of carbonyl (C=O) groups excluding carboxylic acids is 1. The smallest absolute Gasteiger partial charge is 0.251 e. The molecule has 1 N–H and O–H groups in total. The van der Waals surface area contributed by atoms with Crippen LogP contribution in [0.5, 0.6) is 5.75 Å². The molecule has 0 spiro atoms. The van der Waals surface area contributed by atoms with Crippen LogP contribution in [-0.2, 0) is 13.2 Å². The largest absolute Gasteiger partial charge is 0.489 e. The zero-order valence-electron chi connectivity index (χ0n) is 15.7. The van der Waals surface area contributed by atoms with Crippen molar-refractivity contribution in [1.82, 2.24) is 10.3 Å². The first-order valence-electron chi connectivity index (χ1n) is 9.32. The number of furan rings is 1. The molecule has 0 bridgehead atoms. The van der Waals surface area contributed by atoms with E-state index >= 15 is 0 Å². The third-order valence-corrected chi connectivity index (χ3v) is 4.43. The lowest BCUT2D eigenvalue weighted by Gasteiger charge is -2.10. The van der Waals surface area contributed by atoms with Crippen LogP contribution in [0, 0.1) is 0 Å². The van der Waals surface area contributed by atoms with Crippen LogP contribution < -0.4 is 10.1 Å². The second-order valence-electron chi connectivity index (χ2n) is 6.47. The van der Waals surface area contributed by atoms with Crippen molar-refractivity contribution in [2.45, 2.75) is 13.2 Å². The van der Waals surface area contributed by atoms with Gasteiger partial charge in [0.2, 0.25) is 0 Å². The van der Waals surface area contributed by atoms with Crippen molar-refractivity contribution < 1.29 is 13.9 Å². The van der Waals surface area contributed by atoms with E-state index in [9.17, 15) is 4.79 Å². The van der Waals surface area contributed by atoms with Gasteiger partial charge in [-0.2, -0.15) is 0 Å². The summed E-state index contributed by atoms with van der Waals surface area (Å²) < 4.78 is 11.3. The molecule has 4 rings (SSSR count). The van der Waals surface area contributed by atoms with Crippen LogP contribution in [0.25, 0.3) is 11.5 Å². The summed E-state index contributed by atoms with van der Waals surface area (Å²) in [5.41, 5.74) is 3.22. The Kier molecular flexibility index (Phi) is 5.67. The zero-order valence-corrected chi connectivity index (χ0v) is 15.7. The summed E-state index contributed by atoms with van der Waals surface area (Å²) >= 11 is 0. The van der Waals surface area contributed by atoms with Gasteiger partial charge in [-0.15, -0.1) is 0 Å². The van der Waals surface area contributed by atoms with E-state index in [0.29, 0.717) is 30.2 Å². The second-order valence-corrected chi connectivity index (χ2v) is 6.47. The maximum Gasteiger partial charge on any atom is 0.251 e. The third-order valence-electron chi connectivity index (χ3n) is 4.43. The van der Waals surface area contributed by atoms with Gasteiger partial charge in [0.1, 0.15) is 18.1 Å². The molecule has 144 valence electrons. The van der Waals surface area contributed by atoms with E-state index in [2.05, 4.69) is 10.3 Å². The molecule has 0 atom stereocenters. The topological polar surface area (TPSA) is 64.4 Å². The number of hydrogen-bond donors (Lipinski definition) is 1. The van der Waals surface area contributed by atoms with E-state index in [1.54, 1.807) is 24.6 Å². The summed E-state index contributed by atoms with van der Waals surface area (Å²) in [6.07, 6.45) is 3.31. The van der Waals surface area contributed by atoms with Crippen LogP contribution in [0.2, 0.25) is 0 Å². The van der Waals surface area contributed by atoms with E-state index in [0.717, 1.165) is 16.8 Å². The van der Waals surface area contributed by atoms with Gasteiger partial charge in [-0.3, -0.25) is 9.78 Å². The minimum absolute atomic E-state index is 0.176. The molecule has 2 aromatic carbocycles. The Balaban J connectivity index is 1.41. The predicted molar refractivity (Wildman–Crippen MR) is 110 cm³/mol. The van der Waals surface area contributed by atoms with E-state index in [1.807, 2.05) is 66.7 Å². The summed E-state index contributed by atoms with van der Waals surface area (Å²) in [5, 5.41) is 2.94. The standard InChI is InChI=1S/C24H20N2O3/c27-24(26-16-20-10-5-13-25-23(20)22-12-6-14-28-22)19-9-4-11-21(15-19)29-17-18-7-2-1-3-8-18/h1-15H,16-17H2,(H,26,27). The molecule has 4 aromatic rings. The first-order chi connectivity index (χ1) is 14.3. The number of benzene rings is 2. The molecule has 0 radical (unpaired) electrons. The lowest BCUT2D eigenvalue weighted by Crippen LogP contribution is -2.23. The molecule has 29 heavy (non-hydrogen) atoms. The summed E-state index contributed by atoms with van der Waals surface area (Å²) in [6, 6.07) is 24.5. The fourth-order valence-corrected chi connectivity index (χ4v) is 2.96. The molecule has 0 fully saturated rings. The number of aromatic nitrogens is 1. The molecule has 0 unspecified atom stereocenters. The SMILES string of the molecule is O=C(NCc1cccnc1-c1ccco1)c1cccc(OCc2ccccc2)c1. The highest BCUT2D eigenvalue weighted by Crippen LogP contribution is 2.21. The predicted octanol–water partition coefficient (Wildman–Crippen LogP) is 4.85. The number of pyridine rings is 1. The minimum Gasteiger partial charge on any atom is -0.489 e. The van der Waals surface area contributed by atoms with Crippen molar-refractivity contribution in [1.29, 1.82) is 0 Å². The molecule has 2 aromatic heterocycles. The summed E-state index contributed by atoms with van der Waals surface area (Å²) in [5.74, 6) is 1.15. The van der Waals surface area contributed by atoms with Gasteiger partial charge in [0, 0.05) is 23.9 Å². The number of nitrogens with one attached hydrogen (secondary N) is 1. The molecule has 0 saturated carbocycles. The van der Waals surface area contributed by atoms with Crippen molar-refractivity contribution in [3.05, 3.63) is 108 Å². The quantitative estimate of drug-likeness (QED) is 0.495. The Hall–Kier alpha value is -3.86. The highest BCUT2D eigenvalue weighted by molar-refractivity contribution is 5.94. The summed E-state index contributed by atoms with van der Waals surface area (Å²) in [6.45, 7) is 0.798. The third kappa shape index (κ3) is 4.71. The van der Waals surface area contributed by atoms with Gasteiger partial charge in [-0.05, 0) is 42.0 Å². The average Bonchev–Trinajstić information content (AvgIpc) is 3.32. The lowest BCUT2D eigenvalue weighted by atomic mass is 10.1. The monoisotopic (exact) mass is 384 g/mol. The average molecular weight is 384 g/mol. The first kappa shape index (κ1) is 18.5. The number of hydrogen-bond acceptors (Lipinski definition) is 4. The van der Waals surface area contributed by atoms with Crippen molar-refractivity contribution in [3.8, 4) is 17.2 Å². The van der Waals surface area contributed by atoms with Gasteiger partial charge in [-0.1, -0.05) is 42.5 Å². The van der Waals surface area contributed by atoms with Crippen molar-refractivity contribution in [2.24, 2.45) is 0 Å². The highest BCUT2D eigenvalue weighted by atomic mass is 16.5. The van der Waals surface area contributed by atoms with Crippen LogP contribution >= 0.6 is 0 Å². The summed E-state index contributed by atoms with van der Waals surface area (Å²) in [7, 11) is 0. The van der Waals surface area contributed by atoms with Gasteiger partial charge < -0.3 is 14.5 Å². The highest BCUT2D eigenvalue weighted by Gasteiger charge is 2.11. The van der Waals surface area contributed by atoms with Gasteiger partial charge in [-0.25, -0.2) is 0 Å². The normalized spacial score (nSPS) is 10.5. The van der Waals surface area contributed by atoms with Gasteiger partial charge in [0.25, 0.3) is 5.91 Å². The number of amides is 1.